The minimum atomic E-state index is -1.26. The third kappa shape index (κ3) is 3.75. The van der Waals surface area contributed by atoms with Crippen LogP contribution in [0.1, 0.15) is 34.9 Å². The molecule has 3 aromatic rings. The molecule has 32 heavy (non-hydrogen) atoms. The van der Waals surface area contributed by atoms with Gasteiger partial charge in [0.2, 0.25) is 0 Å². The number of carbonyl (C=O) groups is 1. The van der Waals surface area contributed by atoms with E-state index in [1.165, 1.54) is 23.5 Å². The molecule has 4 atom stereocenters. The van der Waals surface area contributed by atoms with Gasteiger partial charge < -0.3 is 20.1 Å². The Hall–Kier alpha value is -3.25. The lowest BCUT2D eigenvalue weighted by atomic mass is 10.1. The summed E-state index contributed by atoms with van der Waals surface area (Å²) in [6.45, 7) is 0.525. The second kappa shape index (κ2) is 8.36. The number of aromatic amines is 1. The molecule has 2 aliphatic rings. The van der Waals surface area contributed by atoms with Crippen LogP contribution < -0.4 is 5.32 Å². The van der Waals surface area contributed by atoms with Gasteiger partial charge in [0.25, 0.3) is 5.91 Å². The molecule has 2 saturated heterocycles. The van der Waals surface area contributed by atoms with Crippen LogP contribution in [0.2, 0.25) is 0 Å². The molecule has 12 heteroatoms. The van der Waals surface area contributed by atoms with E-state index in [0.29, 0.717) is 35.4 Å². The van der Waals surface area contributed by atoms with E-state index in [1.54, 1.807) is 0 Å². The van der Waals surface area contributed by atoms with Gasteiger partial charge in [-0.25, -0.2) is 18.7 Å². The number of ether oxygens (including phenoxy) is 1. The first-order chi connectivity index (χ1) is 15.5. The molecule has 0 aromatic carbocycles. The number of alkyl halides is 1. The number of nitrogens with one attached hydrogen (secondary N) is 2. The van der Waals surface area contributed by atoms with Crippen LogP contribution in [-0.2, 0) is 4.74 Å². The molecule has 0 bridgehead atoms. The fourth-order valence-electron chi connectivity index (χ4n) is 4.26. The van der Waals surface area contributed by atoms with E-state index in [1.807, 2.05) is 0 Å². The van der Waals surface area contributed by atoms with E-state index in [2.05, 4.69) is 30.5 Å². The predicted molar refractivity (Wildman–Crippen MR) is 108 cm³/mol. The SMILES string of the molecule is O=C(c1n[nH]c2ncnc(N[C@@H]3CCOC[C@H]3O)c12)N1C[C@@H](F)C[C@@H]1c1cncc(F)c1. The Kier molecular flexibility index (Phi) is 5.39. The highest BCUT2D eigenvalue weighted by Crippen LogP contribution is 2.36. The number of halogens is 2. The molecule has 168 valence electrons. The molecule has 1 amide bonds. The highest BCUT2D eigenvalue weighted by molar-refractivity contribution is 6.07. The van der Waals surface area contributed by atoms with Crippen molar-refractivity contribution in [2.75, 3.05) is 25.1 Å². The quantitative estimate of drug-likeness (QED) is 0.549. The predicted octanol–water partition coefficient (Wildman–Crippen LogP) is 1.37. The Balaban J connectivity index is 1.49. The Morgan fingerprint density at radius 1 is 1.34 bits per heavy atom. The lowest BCUT2D eigenvalue weighted by Crippen LogP contribution is -2.42. The summed E-state index contributed by atoms with van der Waals surface area (Å²) in [6.07, 6.45) is 2.39. The van der Waals surface area contributed by atoms with Crippen molar-refractivity contribution in [2.45, 2.75) is 37.2 Å². The zero-order valence-corrected chi connectivity index (χ0v) is 16.9. The molecule has 2 fully saturated rings. The van der Waals surface area contributed by atoms with Gasteiger partial charge in [0.15, 0.2) is 11.3 Å². The molecule has 0 saturated carbocycles. The molecule has 10 nitrogen and oxygen atoms in total. The van der Waals surface area contributed by atoms with E-state index in [4.69, 9.17) is 4.74 Å². The van der Waals surface area contributed by atoms with Gasteiger partial charge >= 0.3 is 0 Å². The number of anilines is 1. The third-order valence-electron chi connectivity index (χ3n) is 5.83. The number of H-pyrrole nitrogens is 1. The number of aliphatic hydroxyl groups excluding tert-OH is 1. The Morgan fingerprint density at radius 2 is 2.22 bits per heavy atom. The highest BCUT2D eigenvalue weighted by atomic mass is 19.1. The summed E-state index contributed by atoms with van der Waals surface area (Å²) in [4.78, 5) is 27.0. The van der Waals surface area contributed by atoms with Gasteiger partial charge in [-0.15, -0.1) is 0 Å². The van der Waals surface area contributed by atoms with E-state index in [9.17, 15) is 18.7 Å². The summed E-state index contributed by atoms with van der Waals surface area (Å²) in [5.74, 6) is -0.758. The summed E-state index contributed by atoms with van der Waals surface area (Å²) in [5, 5.41) is 20.5. The van der Waals surface area contributed by atoms with Crippen molar-refractivity contribution >= 4 is 22.8 Å². The van der Waals surface area contributed by atoms with Gasteiger partial charge in [-0.05, 0) is 18.1 Å². The molecule has 3 aromatic heterocycles. The molecule has 3 N–H and O–H groups in total. The topological polar surface area (TPSA) is 129 Å². The van der Waals surface area contributed by atoms with Crippen molar-refractivity contribution in [1.82, 2.24) is 30.0 Å². The Bertz CT molecular complexity index is 1140. The van der Waals surface area contributed by atoms with Crippen LogP contribution in [-0.4, -0.2) is 79.1 Å². The monoisotopic (exact) mass is 445 g/mol. The smallest absolute Gasteiger partial charge is 0.275 e. The van der Waals surface area contributed by atoms with E-state index in [-0.39, 0.29) is 31.3 Å². The number of hydrogen-bond acceptors (Lipinski definition) is 8. The van der Waals surface area contributed by atoms with Crippen LogP contribution in [0.4, 0.5) is 14.6 Å². The van der Waals surface area contributed by atoms with Gasteiger partial charge in [0.05, 0.1) is 42.9 Å². The van der Waals surface area contributed by atoms with Crippen molar-refractivity contribution in [2.24, 2.45) is 0 Å². The number of fused-ring (bicyclic) bond motifs is 1. The highest BCUT2D eigenvalue weighted by Gasteiger charge is 2.39. The number of amides is 1. The maximum absolute atomic E-state index is 14.3. The zero-order valence-electron chi connectivity index (χ0n) is 16.9. The summed E-state index contributed by atoms with van der Waals surface area (Å²) in [7, 11) is 0. The Labute approximate surface area is 181 Å². The summed E-state index contributed by atoms with van der Waals surface area (Å²) >= 11 is 0. The lowest BCUT2D eigenvalue weighted by Gasteiger charge is -2.29. The van der Waals surface area contributed by atoms with Gasteiger partial charge in [0, 0.05) is 19.2 Å². The second-order valence-electron chi connectivity index (χ2n) is 7.94. The number of pyridine rings is 1. The van der Waals surface area contributed by atoms with Crippen LogP contribution in [0, 0.1) is 5.82 Å². The summed E-state index contributed by atoms with van der Waals surface area (Å²) < 4.78 is 33.3. The van der Waals surface area contributed by atoms with Crippen LogP contribution in [0.25, 0.3) is 11.0 Å². The number of aliphatic hydroxyl groups is 1. The van der Waals surface area contributed by atoms with Crippen LogP contribution in [0.15, 0.2) is 24.8 Å². The first-order valence-electron chi connectivity index (χ1n) is 10.3. The van der Waals surface area contributed by atoms with Crippen molar-refractivity contribution in [3.05, 3.63) is 41.9 Å². The van der Waals surface area contributed by atoms with Crippen molar-refractivity contribution < 1.29 is 23.4 Å². The van der Waals surface area contributed by atoms with Crippen molar-refractivity contribution in [3.63, 3.8) is 0 Å². The van der Waals surface area contributed by atoms with Gasteiger partial charge in [-0.1, -0.05) is 0 Å². The van der Waals surface area contributed by atoms with Crippen molar-refractivity contribution in [1.29, 1.82) is 0 Å². The van der Waals surface area contributed by atoms with Crippen LogP contribution >= 0.6 is 0 Å². The largest absolute Gasteiger partial charge is 0.389 e. The second-order valence-corrected chi connectivity index (χ2v) is 7.94. The lowest BCUT2D eigenvalue weighted by molar-refractivity contribution is -0.0135. The van der Waals surface area contributed by atoms with Crippen molar-refractivity contribution in [3.8, 4) is 0 Å². The molecule has 0 spiro atoms. The van der Waals surface area contributed by atoms with E-state index < -0.39 is 30.0 Å². The van der Waals surface area contributed by atoms with E-state index in [0.717, 1.165) is 6.20 Å². The average molecular weight is 445 g/mol. The maximum Gasteiger partial charge on any atom is 0.275 e. The number of aromatic nitrogens is 5. The molecule has 0 radical (unpaired) electrons. The van der Waals surface area contributed by atoms with Gasteiger partial charge in [-0.3, -0.25) is 14.9 Å². The standard InChI is InChI=1S/C20H21F2N7O3/c21-11-3-10(5-23-6-11)14-4-12(22)7-29(14)20(31)17-16-18(24-9-25-19(16)28-27-17)26-13-1-2-32-8-15(13)30/h3,5-6,9,12-15,30H,1-2,4,7-8H2,(H2,24,25,26,27,28)/t12-,13+,14+,15+/m0/s1. The van der Waals surface area contributed by atoms with Gasteiger partial charge in [0.1, 0.15) is 24.1 Å². The first kappa shape index (κ1) is 20.6. The molecule has 0 aliphatic carbocycles. The Morgan fingerprint density at radius 3 is 3.03 bits per heavy atom. The number of nitrogens with zero attached hydrogens (tertiary/aromatic N) is 5. The zero-order chi connectivity index (χ0) is 22.2. The van der Waals surface area contributed by atoms with Crippen LogP contribution in [0.3, 0.4) is 0 Å². The van der Waals surface area contributed by atoms with E-state index >= 15 is 0 Å². The molecular formula is C20H21F2N7O3. The number of likely N-dealkylation sites (tertiary alicyclic amines) is 1. The number of carbonyl (C=O) groups excluding carboxylic acids is 1. The minimum Gasteiger partial charge on any atom is -0.389 e. The average Bonchev–Trinajstić information content (AvgIpc) is 3.39. The molecular weight excluding hydrogens is 424 g/mol. The third-order valence-corrected chi connectivity index (χ3v) is 5.83. The maximum atomic E-state index is 14.3. The normalized spacial score (nSPS) is 25.9. The van der Waals surface area contributed by atoms with Gasteiger partial charge in [-0.2, -0.15) is 5.10 Å². The summed E-state index contributed by atoms with van der Waals surface area (Å²) in [5.41, 5.74) is 0.763. The van der Waals surface area contributed by atoms with Crippen LogP contribution in [0.5, 0.6) is 0 Å². The fourth-order valence-corrected chi connectivity index (χ4v) is 4.26. The molecule has 2 aliphatic heterocycles. The molecule has 5 heterocycles. The number of rotatable bonds is 4. The minimum absolute atomic E-state index is 0.0214. The number of hydrogen-bond donors (Lipinski definition) is 3. The molecule has 0 unspecified atom stereocenters. The first-order valence-corrected chi connectivity index (χ1v) is 10.3. The fraction of sp³-hybridized carbons (Fsp3) is 0.450. The molecule has 5 rings (SSSR count). The summed E-state index contributed by atoms with van der Waals surface area (Å²) in [6, 6.07) is 0.250.